The van der Waals surface area contributed by atoms with E-state index in [1.165, 1.54) is 0 Å². The smallest absolute Gasteiger partial charge is 0.291 e. The Morgan fingerprint density at radius 2 is 2.10 bits per heavy atom. The van der Waals surface area contributed by atoms with Crippen LogP contribution < -0.4 is 5.32 Å². The molecule has 0 saturated carbocycles. The fourth-order valence-electron chi connectivity index (χ4n) is 1.66. The van der Waals surface area contributed by atoms with Gasteiger partial charge >= 0.3 is 0 Å². The van der Waals surface area contributed by atoms with Crippen LogP contribution in [0.2, 0.25) is 5.02 Å². The van der Waals surface area contributed by atoms with Gasteiger partial charge in [0.25, 0.3) is 5.91 Å². The van der Waals surface area contributed by atoms with Gasteiger partial charge in [0.05, 0.1) is 12.3 Å². The first-order valence-corrected chi connectivity index (χ1v) is 6.46. The topological polar surface area (TPSA) is 69.0 Å². The molecule has 6 nitrogen and oxygen atoms in total. The Morgan fingerprint density at radius 1 is 1.40 bits per heavy atom. The molecule has 7 heteroatoms. The largest absolute Gasteiger partial charge is 0.383 e. The third-order valence-electron chi connectivity index (χ3n) is 2.63. The highest BCUT2D eigenvalue weighted by Gasteiger charge is 2.14. The minimum absolute atomic E-state index is 0.133. The highest BCUT2D eigenvalue weighted by atomic mass is 35.5. The van der Waals surface area contributed by atoms with E-state index in [0.717, 1.165) is 5.69 Å². The Kier molecular flexibility index (Phi) is 4.70. The van der Waals surface area contributed by atoms with Gasteiger partial charge in [-0.05, 0) is 31.2 Å². The van der Waals surface area contributed by atoms with Gasteiger partial charge in [-0.1, -0.05) is 11.6 Å². The first-order chi connectivity index (χ1) is 9.61. The number of rotatable bonds is 5. The number of aromatic nitrogens is 3. The van der Waals surface area contributed by atoms with Crippen molar-refractivity contribution in [2.75, 3.05) is 20.3 Å². The lowest BCUT2D eigenvalue weighted by atomic mass is 10.3. The number of hydrogen-bond donors (Lipinski definition) is 1. The first kappa shape index (κ1) is 14.5. The van der Waals surface area contributed by atoms with Crippen LogP contribution in [0.1, 0.15) is 16.4 Å². The molecule has 0 aliphatic heterocycles. The van der Waals surface area contributed by atoms with Crippen LogP contribution in [0.25, 0.3) is 5.69 Å². The average molecular weight is 295 g/mol. The molecule has 1 N–H and O–H groups in total. The van der Waals surface area contributed by atoms with E-state index in [4.69, 9.17) is 16.3 Å². The molecular weight excluding hydrogens is 280 g/mol. The lowest BCUT2D eigenvalue weighted by Gasteiger charge is -2.02. The summed E-state index contributed by atoms with van der Waals surface area (Å²) in [6.45, 7) is 2.65. The van der Waals surface area contributed by atoms with Gasteiger partial charge in [-0.2, -0.15) is 0 Å². The summed E-state index contributed by atoms with van der Waals surface area (Å²) in [7, 11) is 1.57. The Morgan fingerprint density at radius 3 is 2.75 bits per heavy atom. The van der Waals surface area contributed by atoms with Crippen LogP contribution >= 0.6 is 11.6 Å². The first-order valence-electron chi connectivity index (χ1n) is 6.08. The molecule has 2 rings (SSSR count). The minimum atomic E-state index is -0.321. The summed E-state index contributed by atoms with van der Waals surface area (Å²) >= 11 is 5.84. The molecule has 2 aromatic rings. The molecule has 106 valence electrons. The van der Waals surface area contributed by atoms with Crippen LogP contribution in [0.4, 0.5) is 0 Å². The standard InChI is InChI=1S/C13H15ClN4O2/c1-9-16-12(13(19)15-7-8-20-2)17-18(9)11-5-3-10(14)4-6-11/h3-6H,7-8H2,1-2H3,(H,15,19). The molecule has 0 bridgehead atoms. The van der Waals surface area contributed by atoms with Crippen molar-refractivity contribution in [3.63, 3.8) is 0 Å². The maximum atomic E-state index is 11.8. The summed E-state index contributed by atoms with van der Waals surface area (Å²) < 4.78 is 6.46. The van der Waals surface area contributed by atoms with Gasteiger partial charge in [0, 0.05) is 18.7 Å². The summed E-state index contributed by atoms with van der Waals surface area (Å²) in [5.41, 5.74) is 0.801. The van der Waals surface area contributed by atoms with E-state index in [9.17, 15) is 4.79 Å². The Bertz CT molecular complexity index is 595. The number of nitrogens with one attached hydrogen (secondary N) is 1. The summed E-state index contributed by atoms with van der Waals surface area (Å²) in [6.07, 6.45) is 0. The second-order valence-corrected chi connectivity index (χ2v) is 4.56. The van der Waals surface area contributed by atoms with Gasteiger partial charge in [-0.3, -0.25) is 4.79 Å². The summed E-state index contributed by atoms with van der Waals surface area (Å²) in [4.78, 5) is 16.0. The van der Waals surface area contributed by atoms with E-state index < -0.39 is 0 Å². The summed E-state index contributed by atoms with van der Waals surface area (Å²) in [5.74, 6) is 0.440. The van der Waals surface area contributed by atoms with E-state index in [0.29, 0.717) is 24.0 Å². The quantitative estimate of drug-likeness (QED) is 0.851. The highest BCUT2D eigenvalue weighted by Crippen LogP contribution is 2.14. The second kappa shape index (κ2) is 6.49. The minimum Gasteiger partial charge on any atom is -0.383 e. The number of carbonyl (C=O) groups is 1. The van der Waals surface area contributed by atoms with Crippen LogP contribution in [0.5, 0.6) is 0 Å². The van der Waals surface area contributed by atoms with Crippen LogP contribution in [-0.4, -0.2) is 40.9 Å². The van der Waals surface area contributed by atoms with Gasteiger partial charge in [0.1, 0.15) is 5.82 Å². The van der Waals surface area contributed by atoms with E-state index in [-0.39, 0.29) is 11.7 Å². The maximum Gasteiger partial charge on any atom is 0.291 e. The van der Waals surface area contributed by atoms with Crippen LogP contribution in [0.3, 0.4) is 0 Å². The summed E-state index contributed by atoms with van der Waals surface area (Å²) in [6, 6.07) is 7.15. The number of halogens is 1. The fourth-order valence-corrected chi connectivity index (χ4v) is 1.78. The van der Waals surface area contributed by atoms with Crippen molar-refractivity contribution in [3.05, 3.63) is 40.9 Å². The molecule has 0 aliphatic rings. The van der Waals surface area contributed by atoms with Crippen molar-refractivity contribution < 1.29 is 9.53 Å². The lowest BCUT2D eigenvalue weighted by Crippen LogP contribution is -2.28. The lowest BCUT2D eigenvalue weighted by molar-refractivity contribution is 0.0927. The van der Waals surface area contributed by atoms with Gasteiger partial charge in [-0.15, -0.1) is 5.10 Å². The maximum absolute atomic E-state index is 11.8. The molecule has 1 aromatic carbocycles. The van der Waals surface area contributed by atoms with Crippen LogP contribution in [0, 0.1) is 6.92 Å². The zero-order valence-corrected chi connectivity index (χ0v) is 12.0. The second-order valence-electron chi connectivity index (χ2n) is 4.12. The van der Waals surface area contributed by atoms with Crippen LogP contribution in [0.15, 0.2) is 24.3 Å². The van der Waals surface area contributed by atoms with Crippen LogP contribution in [-0.2, 0) is 4.74 Å². The number of aryl methyl sites for hydroxylation is 1. The van der Waals surface area contributed by atoms with Crippen molar-refractivity contribution in [3.8, 4) is 5.69 Å². The van der Waals surface area contributed by atoms with Crippen molar-refractivity contribution in [2.45, 2.75) is 6.92 Å². The monoisotopic (exact) mass is 294 g/mol. The molecule has 0 unspecified atom stereocenters. The Balaban J connectivity index is 2.17. The molecule has 0 fully saturated rings. The molecule has 0 atom stereocenters. The van der Waals surface area contributed by atoms with Gasteiger partial charge < -0.3 is 10.1 Å². The average Bonchev–Trinajstić information content (AvgIpc) is 2.82. The van der Waals surface area contributed by atoms with Gasteiger partial charge in [0.15, 0.2) is 0 Å². The van der Waals surface area contributed by atoms with Crippen molar-refractivity contribution in [1.82, 2.24) is 20.1 Å². The number of amides is 1. The Labute approximate surface area is 121 Å². The van der Waals surface area contributed by atoms with Crippen molar-refractivity contribution in [2.24, 2.45) is 0 Å². The number of nitrogens with zero attached hydrogens (tertiary/aromatic N) is 3. The zero-order chi connectivity index (χ0) is 14.5. The molecule has 20 heavy (non-hydrogen) atoms. The van der Waals surface area contributed by atoms with E-state index >= 15 is 0 Å². The predicted molar refractivity (Wildman–Crippen MR) is 75.3 cm³/mol. The molecule has 0 radical (unpaired) electrons. The molecule has 0 saturated heterocycles. The van der Waals surface area contributed by atoms with Crippen molar-refractivity contribution in [1.29, 1.82) is 0 Å². The number of methoxy groups -OCH3 is 1. The third-order valence-corrected chi connectivity index (χ3v) is 2.89. The summed E-state index contributed by atoms with van der Waals surface area (Å²) in [5, 5.41) is 7.52. The Hall–Kier alpha value is -1.92. The number of hydrogen-bond acceptors (Lipinski definition) is 4. The fraction of sp³-hybridized carbons (Fsp3) is 0.308. The molecule has 0 aliphatic carbocycles. The zero-order valence-electron chi connectivity index (χ0n) is 11.3. The molecule has 1 amide bonds. The molecule has 0 spiro atoms. The van der Waals surface area contributed by atoms with Gasteiger partial charge in [-0.25, -0.2) is 9.67 Å². The number of carbonyl (C=O) groups excluding carboxylic acids is 1. The normalized spacial score (nSPS) is 10.6. The highest BCUT2D eigenvalue weighted by molar-refractivity contribution is 6.30. The van der Waals surface area contributed by atoms with Crippen molar-refractivity contribution >= 4 is 17.5 Å². The molecule has 1 aromatic heterocycles. The SMILES string of the molecule is COCCNC(=O)c1nc(C)n(-c2ccc(Cl)cc2)n1. The van der Waals surface area contributed by atoms with Gasteiger partial charge in [0.2, 0.25) is 5.82 Å². The molecule has 1 heterocycles. The predicted octanol–water partition coefficient (Wildman–Crippen LogP) is 1.61. The number of benzene rings is 1. The third kappa shape index (κ3) is 3.34. The number of ether oxygens (including phenoxy) is 1. The van der Waals surface area contributed by atoms with E-state index in [1.54, 1.807) is 30.8 Å². The molecular formula is C13H15ClN4O2. The van der Waals surface area contributed by atoms with E-state index in [2.05, 4.69) is 15.4 Å². The van der Waals surface area contributed by atoms with E-state index in [1.807, 2.05) is 12.1 Å².